The van der Waals surface area contributed by atoms with Gasteiger partial charge in [-0.25, -0.2) is 0 Å². The number of carbonyl (C=O) groups is 2. The molecule has 3 heterocycles. The van der Waals surface area contributed by atoms with Crippen molar-refractivity contribution in [3.63, 3.8) is 0 Å². The summed E-state index contributed by atoms with van der Waals surface area (Å²) in [6.45, 7) is 5.41. The van der Waals surface area contributed by atoms with Crippen molar-refractivity contribution in [1.82, 2.24) is 4.90 Å². The first-order valence-corrected chi connectivity index (χ1v) is 8.92. The second-order valence-electron chi connectivity index (χ2n) is 7.25. The lowest BCUT2D eigenvalue weighted by atomic mass is 9.77. The summed E-state index contributed by atoms with van der Waals surface area (Å²) in [4.78, 5) is 27.3. The van der Waals surface area contributed by atoms with E-state index < -0.39 is 17.4 Å². The van der Waals surface area contributed by atoms with Crippen LogP contribution in [0.2, 0.25) is 0 Å². The number of esters is 1. The van der Waals surface area contributed by atoms with E-state index in [2.05, 4.69) is 0 Å². The van der Waals surface area contributed by atoms with Crippen molar-refractivity contribution >= 4 is 11.9 Å². The van der Waals surface area contributed by atoms with E-state index in [-0.39, 0.29) is 18.0 Å². The van der Waals surface area contributed by atoms with E-state index >= 15 is 0 Å². The molecule has 0 radical (unpaired) electrons. The molecule has 25 heavy (non-hydrogen) atoms. The van der Waals surface area contributed by atoms with Gasteiger partial charge in [0.05, 0.1) is 25.2 Å². The van der Waals surface area contributed by atoms with Crippen molar-refractivity contribution in [3.8, 4) is 0 Å². The Morgan fingerprint density at radius 1 is 1.36 bits per heavy atom. The highest BCUT2D eigenvalue weighted by Crippen LogP contribution is 2.52. The first-order chi connectivity index (χ1) is 12.0. The van der Waals surface area contributed by atoms with Gasteiger partial charge < -0.3 is 14.4 Å². The standard InChI is InChI=1S/C20H23NO4/c1-3-10-24-19(23)16-15-8-9-20(25-15)12-21(18(22)17(16)20)11-14-6-4-13(2)5-7-14/h4-9,15-17H,3,10-12H2,1-2H3/t15-,16+,17-,20?/m1/s1. The fourth-order valence-corrected chi connectivity index (χ4v) is 4.19. The molecule has 3 aliphatic rings. The third-order valence-electron chi connectivity index (χ3n) is 5.39. The highest BCUT2D eigenvalue weighted by molar-refractivity contribution is 5.91. The molecule has 1 aromatic rings. The third kappa shape index (κ3) is 2.58. The van der Waals surface area contributed by atoms with E-state index in [1.165, 1.54) is 5.56 Å². The molecule has 0 aliphatic carbocycles. The molecule has 0 N–H and O–H groups in total. The first kappa shape index (κ1) is 16.3. The molecular weight excluding hydrogens is 318 g/mol. The number of benzene rings is 1. The number of aryl methyl sites for hydroxylation is 1. The lowest BCUT2D eigenvalue weighted by Crippen LogP contribution is -2.40. The van der Waals surface area contributed by atoms with Gasteiger partial charge in [-0.05, 0) is 18.9 Å². The SMILES string of the molecule is CCCOC(=O)[C@H]1[C@H]2C=CC3(CN(Cc4ccc(C)cc4)C(=O)[C@@H]13)O2. The summed E-state index contributed by atoms with van der Waals surface area (Å²) < 4.78 is 11.4. The Bertz CT molecular complexity index is 726. The normalized spacial score (nSPS) is 32.3. The molecule has 4 atom stereocenters. The van der Waals surface area contributed by atoms with Gasteiger partial charge in [-0.3, -0.25) is 9.59 Å². The lowest BCUT2D eigenvalue weighted by molar-refractivity contribution is -0.153. The van der Waals surface area contributed by atoms with Gasteiger partial charge >= 0.3 is 5.97 Å². The number of hydrogen-bond donors (Lipinski definition) is 0. The van der Waals surface area contributed by atoms with Crippen molar-refractivity contribution in [1.29, 1.82) is 0 Å². The predicted octanol–water partition coefficient (Wildman–Crippen LogP) is 2.23. The largest absolute Gasteiger partial charge is 0.465 e. The van der Waals surface area contributed by atoms with Crippen LogP contribution in [0.3, 0.4) is 0 Å². The highest BCUT2D eigenvalue weighted by atomic mass is 16.6. The van der Waals surface area contributed by atoms with Crippen LogP contribution >= 0.6 is 0 Å². The molecule has 5 heteroatoms. The van der Waals surface area contributed by atoms with Crippen LogP contribution in [0.4, 0.5) is 0 Å². The molecule has 2 bridgehead atoms. The minimum atomic E-state index is -0.664. The zero-order valence-corrected chi connectivity index (χ0v) is 14.6. The predicted molar refractivity (Wildman–Crippen MR) is 91.6 cm³/mol. The zero-order chi connectivity index (χ0) is 17.6. The van der Waals surface area contributed by atoms with E-state index in [1.807, 2.05) is 50.3 Å². The van der Waals surface area contributed by atoms with Gasteiger partial charge in [-0.15, -0.1) is 0 Å². The van der Waals surface area contributed by atoms with Gasteiger partial charge in [-0.1, -0.05) is 48.9 Å². The van der Waals surface area contributed by atoms with Crippen molar-refractivity contribution in [2.45, 2.75) is 38.5 Å². The molecule has 2 saturated heterocycles. The molecule has 5 nitrogen and oxygen atoms in total. The fraction of sp³-hybridized carbons (Fsp3) is 0.500. The van der Waals surface area contributed by atoms with E-state index in [0.717, 1.165) is 12.0 Å². The maximum atomic E-state index is 13.0. The second-order valence-corrected chi connectivity index (χ2v) is 7.25. The summed E-state index contributed by atoms with van der Waals surface area (Å²) in [6.07, 6.45) is 4.32. The molecule has 1 aromatic carbocycles. The van der Waals surface area contributed by atoms with Gasteiger partial charge in [0, 0.05) is 6.54 Å². The van der Waals surface area contributed by atoms with E-state index in [0.29, 0.717) is 19.7 Å². The molecular formula is C20H23NO4. The van der Waals surface area contributed by atoms with E-state index in [1.54, 1.807) is 4.90 Å². The Balaban J connectivity index is 1.55. The quantitative estimate of drug-likeness (QED) is 0.609. The van der Waals surface area contributed by atoms with Gasteiger partial charge in [0.2, 0.25) is 5.91 Å². The number of nitrogens with zero attached hydrogens (tertiary/aromatic N) is 1. The molecule has 1 spiro atoms. The number of hydrogen-bond acceptors (Lipinski definition) is 4. The van der Waals surface area contributed by atoms with E-state index in [9.17, 15) is 9.59 Å². The van der Waals surface area contributed by atoms with Crippen molar-refractivity contribution < 1.29 is 19.1 Å². The Kier molecular flexibility index (Phi) is 3.91. The summed E-state index contributed by atoms with van der Waals surface area (Å²) in [5, 5.41) is 0. The average molecular weight is 341 g/mol. The summed E-state index contributed by atoms with van der Waals surface area (Å²) in [5.41, 5.74) is 1.61. The monoisotopic (exact) mass is 341 g/mol. The number of ether oxygens (including phenoxy) is 2. The minimum Gasteiger partial charge on any atom is -0.465 e. The number of carbonyl (C=O) groups excluding carboxylic acids is 2. The molecule has 3 aliphatic heterocycles. The number of amides is 1. The molecule has 4 rings (SSSR count). The number of fused-ring (bicyclic) bond motifs is 1. The van der Waals surface area contributed by atoms with Crippen LogP contribution in [-0.2, 0) is 25.6 Å². The minimum absolute atomic E-state index is 0.00845. The van der Waals surface area contributed by atoms with Gasteiger partial charge in [-0.2, -0.15) is 0 Å². The zero-order valence-electron chi connectivity index (χ0n) is 14.6. The van der Waals surface area contributed by atoms with E-state index in [4.69, 9.17) is 9.47 Å². The smallest absolute Gasteiger partial charge is 0.312 e. The number of rotatable bonds is 5. The number of likely N-dealkylation sites (tertiary alicyclic amines) is 1. The topological polar surface area (TPSA) is 55.8 Å². The maximum Gasteiger partial charge on any atom is 0.312 e. The molecule has 132 valence electrons. The van der Waals surface area contributed by atoms with Gasteiger partial charge in [0.15, 0.2) is 0 Å². The van der Waals surface area contributed by atoms with Crippen molar-refractivity contribution in [2.75, 3.05) is 13.2 Å². The van der Waals surface area contributed by atoms with Crippen LogP contribution in [0.15, 0.2) is 36.4 Å². The Morgan fingerprint density at radius 3 is 2.84 bits per heavy atom. The Morgan fingerprint density at radius 2 is 2.12 bits per heavy atom. The van der Waals surface area contributed by atoms with Crippen LogP contribution in [0, 0.1) is 18.8 Å². The molecule has 1 amide bonds. The Labute approximate surface area is 147 Å². The lowest BCUT2D eigenvalue weighted by Gasteiger charge is -2.22. The molecule has 2 fully saturated rings. The van der Waals surface area contributed by atoms with Gasteiger partial charge in [0.1, 0.15) is 11.5 Å². The van der Waals surface area contributed by atoms with Crippen LogP contribution in [0.1, 0.15) is 24.5 Å². The summed E-state index contributed by atoms with van der Waals surface area (Å²) >= 11 is 0. The third-order valence-corrected chi connectivity index (χ3v) is 5.39. The van der Waals surface area contributed by atoms with Crippen molar-refractivity contribution in [2.24, 2.45) is 11.8 Å². The molecule has 0 aromatic heterocycles. The fourth-order valence-electron chi connectivity index (χ4n) is 4.19. The highest BCUT2D eigenvalue weighted by Gasteiger charge is 2.67. The average Bonchev–Trinajstić information content (AvgIpc) is 3.23. The van der Waals surface area contributed by atoms with Crippen LogP contribution < -0.4 is 0 Å². The summed E-state index contributed by atoms with van der Waals surface area (Å²) in [6, 6.07) is 8.16. The Hall–Kier alpha value is -2.14. The molecule has 1 unspecified atom stereocenters. The van der Waals surface area contributed by atoms with Crippen molar-refractivity contribution in [3.05, 3.63) is 47.5 Å². The van der Waals surface area contributed by atoms with Gasteiger partial charge in [0.25, 0.3) is 0 Å². The van der Waals surface area contributed by atoms with Crippen LogP contribution in [0.25, 0.3) is 0 Å². The maximum absolute atomic E-state index is 13.0. The molecule has 0 saturated carbocycles. The summed E-state index contributed by atoms with van der Waals surface area (Å²) in [7, 11) is 0. The summed E-state index contributed by atoms with van der Waals surface area (Å²) in [5.74, 6) is -1.30. The van der Waals surface area contributed by atoms with Crippen LogP contribution in [0.5, 0.6) is 0 Å². The second kappa shape index (κ2) is 5.99. The first-order valence-electron chi connectivity index (χ1n) is 8.92. The van der Waals surface area contributed by atoms with Crippen LogP contribution in [-0.4, -0.2) is 41.6 Å².